The molecule has 4 nitrogen and oxygen atoms in total. The maximum Gasteiger partial charge on any atom is 0.185 e. The third-order valence-electron chi connectivity index (χ3n) is 2.06. The first-order valence-corrected chi connectivity index (χ1v) is 4.99. The molecule has 0 spiro atoms. The van der Waals surface area contributed by atoms with E-state index in [-0.39, 0.29) is 12.6 Å². The summed E-state index contributed by atoms with van der Waals surface area (Å²) < 4.78 is 17.1. The van der Waals surface area contributed by atoms with E-state index in [9.17, 15) is 4.39 Å². The van der Waals surface area contributed by atoms with Crippen LogP contribution in [0.15, 0.2) is 18.2 Å². The number of guanidine groups is 1. The van der Waals surface area contributed by atoms with Crippen molar-refractivity contribution in [1.82, 2.24) is 5.32 Å². The normalized spacial score (nSPS) is 9.88. The first-order chi connectivity index (χ1) is 7.63. The van der Waals surface area contributed by atoms with Gasteiger partial charge >= 0.3 is 0 Å². The summed E-state index contributed by atoms with van der Waals surface area (Å²) in [6.45, 7) is 1.98. The summed E-state index contributed by atoms with van der Waals surface area (Å²) >= 11 is 0. The van der Waals surface area contributed by atoms with E-state index in [0.29, 0.717) is 12.3 Å². The summed E-state index contributed by atoms with van der Waals surface area (Å²) in [5.74, 6) is 0.625. The molecule has 0 aliphatic heterocycles. The standard InChI is InChI=1S/C11H16FN3O/c1-8-6-9(7-15-11(13)14)2-3-10(8)16-5-4-12/h2-3,6H,4-5,7H2,1H3,(H4,13,14,15). The third-order valence-corrected chi connectivity index (χ3v) is 2.06. The Morgan fingerprint density at radius 3 is 2.88 bits per heavy atom. The lowest BCUT2D eigenvalue weighted by molar-refractivity contribution is 0.272. The molecule has 0 aliphatic rings. The molecule has 4 N–H and O–H groups in total. The minimum atomic E-state index is -0.493. The molecule has 0 unspecified atom stereocenters. The molecule has 16 heavy (non-hydrogen) atoms. The van der Waals surface area contributed by atoms with Crippen LogP contribution in [-0.4, -0.2) is 19.2 Å². The third kappa shape index (κ3) is 3.76. The van der Waals surface area contributed by atoms with Crippen molar-refractivity contribution >= 4 is 5.96 Å². The van der Waals surface area contributed by atoms with Gasteiger partial charge in [0.05, 0.1) is 0 Å². The fraction of sp³-hybridized carbons (Fsp3) is 0.364. The highest BCUT2D eigenvalue weighted by Gasteiger charge is 2.01. The molecule has 0 radical (unpaired) electrons. The summed E-state index contributed by atoms with van der Waals surface area (Å²) in [7, 11) is 0. The van der Waals surface area contributed by atoms with E-state index >= 15 is 0 Å². The second kappa shape index (κ2) is 5.95. The van der Waals surface area contributed by atoms with Crippen LogP contribution < -0.4 is 15.8 Å². The molecule has 0 atom stereocenters. The minimum absolute atomic E-state index is 0.0598. The first kappa shape index (κ1) is 12.3. The van der Waals surface area contributed by atoms with E-state index in [0.717, 1.165) is 11.1 Å². The number of ether oxygens (including phenoxy) is 1. The van der Waals surface area contributed by atoms with Crippen molar-refractivity contribution in [3.8, 4) is 5.75 Å². The Labute approximate surface area is 94.1 Å². The molecular formula is C11H16FN3O. The molecule has 1 aromatic rings. The summed E-state index contributed by atoms with van der Waals surface area (Å²) in [6, 6.07) is 5.57. The molecule has 0 saturated heterocycles. The van der Waals surface area contributed by atoms with Crippen molar-refractivity contribution in [1.29, 1.82) is 5.41 Å². The van der Waals surface area contributed by atoms with E-state index in [4.69, 9.17) is 15.9 Å². The molecule has 0 fully saturated rings. The van der Waals surface area contributed by atoms with E-state index in [1.165, 1.54) is 0 Å². The van der Waals surface area contributed by atoms with Gasteiger partial charge in [-0.2, -0.15) is 0 Å². The Morgan fingerprint density at radius 2 is 2.31 bits per heavy atom. The Bertz CT molecular complexity index is 368. The molecule has 0 bridgehead atoms. The number of alkyl halides is 1. The van der Waals surface area contributed by atoms with Gasteiger partial charge in [0.2, 0.25) is 0 Å². The van der Waals surface area contributed by atoms with Gasteiger partial charge in [0, 0.05) is 6.54 Å². The number of rotatable bonds is 5. The van der Waals surface area contributed by atoms with Gasteiger partial charge in [-0.05, 0) is 24.1 Å². The average molecular weight is 225 g/mol. The van der Waals surface area contributed by atoms with Crippen LogP contribution in [0.1, 0.15) is 11.1 Å². The SMILES string of the molecule is Cc1cc(CNC(=N)N)ccc1OCCF. The second-order valence-electron chi connectivity index (χ2n) is 3.40. The summed E-state index contributed by atoms with van der Waals surface area (Å²) in [5.41, 5.74) is 7.12. The van der Waals surface area contributed by atoms with Crippen LogP contribution in [0.2, 0.25) is 0 Å². The van der Waals surface area contributed by atoms with Crippen LogP contribution in [0.3, 0.4) is 0 Å². The van der Waals surface area contributed by atoms with Gasteiger partial charge in [-0.15, -0.1) is 0 Å². The topological polar surface area (TPSA) is 71.1 Å². The largest absolute Gasteiger partial charge is 0.491 e. The summed E-state index contributed by atoms with van der Waals surface area (Å²) in [5, 5.41) is 9.74. The highest BCUT2D eigenvalue weighted by atomic mass is 19.1. The molecule has 5 heteroatoms. The first-order valence-electron chi connectivity index (χ1n) is 4.99. The smallest absolute Gasteiger partial charge is 0.185 e. The number of hydrogen-bond acceptors (Lipinski definition) is 2. The van der Waals surface area contributed by atoms with Crippen molar-refractivity contribution in [2.45, 2.75) is 13.5 Å². The van der Waals surface area contributed by atoms with Crippen molar-refractivity contribution in [2.24, 2.45) is 5.73 Å². The molecule has 0 amide bonds. The number of aryl methyl sites for hydroxylation is 1. The van der Waals surface area contributed by atoms with Gasteiger partial charge in [0.25, 0.3) is 0 Å². The zero-order valence-corrected chi connectivity index (χ0v) is 9.22. The minimum Gasteiger partial charge on any atom is -0.491 e. The summed E-state index contributed by atoms with van der Waals surface area (Å²) in [4.78, 5) is 0. The van der Waals surface area contributed by atoms with Crippen molar-refractivity contribution in [3.63, 3.8) is 0 Å². The van der Waals surface area contributed by atoms with Crippen LogP contribution in [0, 0.1) is 12.3 Å². The van der Waals surface area contributed by atoms with Crippen molar-refractivity contribution in [2.75, 3.05) is 13.3 Å². The van der Waals surface area contributed by atoms with E-state index in [1.807, 2.05) is 19.1 Å². The van der Waals surface area contributed by atoms with Gasteiger partial charge < -0.3 is 15.8 Å². The van der Waals surface area contributed by atoms with Crippen LogP contribution in [-0.2, 0) is 6.54 Å². The second-order valence-corrected chi connectivity index (χ2v) is 3.40. The van der Waals surface area contributed by atoms with Crippen LogP contribution in [0.5, 0.6) is 5.75 Å². The van der Waals surface area contributed by atoms with Gasteiger partial charge in [-0.1, -0.05) is 12.1 Å². The monoisotopic (exact) mass is 225 g/mol. The number of nitrogens with one attached hydrogen (secondary N) is 2. The quantitative estimate of drug-likeness (QED) is 0.523. The predicted molar refractivity (Wildman–Crippen MR) is 61.4 cm³/mol. The molecular weight excluding hydrogens is 209 g/mol. The fourth-order valence-electron chi connectivity index (χ4n) is 1.33. The van der Waals surface area contributed by atoms with Crippen LogP contribution in [0.25, 0.3) is 0 Å². The van der Waals surface area contributed by atoms with Crippen molar-refractivity contribution < 1.29 is 9.13 Å². The zero-order valence-electron chi connectivity index (χ0n) is 9.22. The molecule has 0 aromatic heterocycles. The predicted octanol–water partition coefficient (Wildman–Crippen LogP) is 1.33. The lowest BCUT2D eigenvalue weighted by Gasteiger charge is -2.10. The average Bonchev–Trinajstić information content (AvgIpc) is 2.25. The van der Waals surface area contributed by atoms with Gasteiger partial charge in [-0.3, -0.25) is 5.41 Å². The van der Waals surface area contributed by atoms with Gasteiger partial charge in [0.1, 0.15) is 19.0 Å². The Morgan fingerprint density at radius 1 is 1.56 bits per heavy atom. The molecule has 1 aromatic carbocycles. The molecule has 0 heterocycles. The van der Waals surface area contributed by atoms with Crippen molar-refractivity contribution in [3.05, 3.63) is 29.3 Å². The van der Waals surface area contributed by atoms with E-state index in [1.54, 1.807) is 6.07 Å². The van der Waals surface area contributed by atoms with Gasteiger partial charge in [0.15, 0.2) is 5.96 Å². The number of nitrogens with two attached hydrogens (primary N) is 1. The molecule has 0 saturated carbocycles. The number of halogens is 1. The number of hydrogen-bond donors (Lipinski definition) is 3. The maximum atomic E-state index is 11.9. The Hall–Kier alpha value is -1.78. The fourth-order valence-corrected chi connectivity index (χ4v) is 1.33. The molecule has 0 aliphatic carbocycles. The summed E-state index contributed by atoms with van der Waals surface area (Å²) in [6.07, 6.45) is 0. The molecule has 1 rings (SSSR count). The van der Waals surface area contributed by atoms with Crippen LogP contribution >= 0.6 is 0 Å². The molecule has 88 valence electrons. The Balaban J connectivity index is 2.63. The van der Waals surface area contributed by atoms with Crippen LogP contribution in [0.4, 0.5) is 4.39 Å². The highest BCUT2D eigenvalue weighted by Crippen LogP contribution is 2.18. The zero-order chi connectivity index (χ0) is 12.0. The highest BCUT2D eigenvalue weighted by molar-refractivity contribution is 5.74. The lowest BCUT2D eigenvalue weighted by atomic mass is 10.1. The lowest BCUT2D eigenvalue weighted by Crippen LogP contribution is -2.29. The van der Waals surface area contributed by atoms with E-state index in [2.05, 4.69) is 5.32 Å². The Kier molecular flexibility index (Phi) is 4.57. The van der Waals surface area contributed by atoms with Gasteiger partial charge in [-0.25, -0.2) is 4.39 Å². The maximum absolute atomic E-state index is 11.9. The van der Waals surface area contributed by atoms with E-state index < -0.39 is 6.67 Å². The number of benzene rings is 1.